The summed E-state index contributed by atoms with van der Waals surface area (Å²) in [5, 5.41) is 0. The van der Waals surface area contributed by atoms with Gasteiger partial charge < -0.3 is 0 Å². The Morgan fingerprint density at radius 3 is 1.60 bits per heavy atom. The molecule has 0 atom stereocenters. The molecule has 0 unspecified atom stereocenters. The maximum Gasteiger partial charge on any atom is -0.00286 e. The molecule has 0 radical (unpaired) electrons. The van der Waals surface area contributed by atoms with E-state index < -0.39 is 0 Å². The van der Waals surface area contributed by atoms with E-state index in [1.54, 1.807) is 11.9 Å². The smallest absolute Gasteiger partial charge is 0.00286 e. The van der Waals surface area contributed by atoms with E-state index in [1.165, 1.54) is 0 Å². The number of hydrogen-bond acceptors (Lipinski definition) is 2. The van der Waals surface area contributed by atoms with Gasteiger partial charge in [0.05, 0.1) is 0 Å². The average Bonchev–Trinajstić information content (AvgIpc) is 1.38. The van der Waals surface area contributed by atoms with Crippen molar-refractivity contribution in [1.29, 1.82) is 0 Å². The van der Waals surface area contributed by atoms with Gasteiger partial charge in [-0.15, -0.1) is 0 Å². The Morgan fingerprint density at radius 1 is 1.40 bits per heavy atom. The van der Waals surface area contributed by atoms with Gasteiger partial charge in [-0.1, -0.05) is 11.9 Å². The van der Waals surface area contributed by atoms with Crippen LogP contribution in [-0.4, -0.2) is 24.7 Å². The molecular weight excluding hydrogens is 82.1 g/mol. The Morgan fingerprint density at radius 2 is 1.60 bits per heavy atom. The molecule has 0 aromatic rings. The van der Waals surface area contributed by atoms with E-state index >= 15 is 0 Å². The lowest BCUT2D eigenvalue weighted by molar-refractivity contribution is 0.706. The maximum absolute atomic E-state index is 2.04. The van der Waals surface area contributed by atoms with Gasteiger partial charge >= 0.3 is 0 Å². The van der Waals surface area contributed by atoms with Crippen molar-refractivity contribution >= 4 is 11.9 Å². The second-order valence-corrected chi connectivity index (χ2v) is 2.09. The average molecular weight is 91.2 g/mol. The molecule has 0 aromatic carbocycles. The quantitative estimate of drug-likeness (QED) is 0.440. The summed E-state index contributed by atoms with van der Waals surface area (Å²) in [4.78, 5) is 0. The third-order valence-corrected chi connectivity index (χ3v) is 1.10. The molecule has 0 aromatic heterocycles. The molecule has 0 saturated carbocycles. The molecule has 0 spiro atoms. The highest BCUT2D eigenvalue weighted by molar-refractivity contribution is 7.96. The molecule has 0 aliphatic heterocycles. The predicted molar refractivity (Wildman–Crippen MR) is 27.2 cm³/mol. The van der Waals surface area contributed by atoms with E-state index in [-0.39, 0.29) is 0 Å². The van der Waals surface area contributed by atoms with Gasteiger partial charge in [0, 0.05) is 0 Å². The van der Waals surface area contributed by atoms with Crippen molar-refractivity contribution in [1.82, 2.24) is 4.31 Å². The van der Waals surface area contributed by atoms with Crippen LogP contribution >= 0.6 is 11.9 Å². The summed E-state index contributed by atoms with van der Waals surface area (Å²) in [6, 6.07) is 0. The van der Waals surface area contributed by atoms with Gasteiger partial charge in [0.1, 0.15) is 0 Å². The summed E-state index contributed by atoms with van der Waals surface area (Å²) in [5.74, 6) is 0. The van der Waals surface area contributed by atoms with Crippen LogP contribution in [0.15, 0.2) is 0 Å². The summed E-state index contributed by atoms with van der Waals surface area (Å²) in [5.41, 5.74) is 0. The summed E-state index contributed by atoms with van der Waals surface area (Å²) in [6.07, 6.45) is 2.04. The Labute approximate surface area is 37.5 Å². The van der Waals surface area contributed by atoms with Gasteiger partial charge in [-0.2, -0.15) is 0 Å². The molecule has 0 bridgehead atoms. The standard InChI is InChI=1S/C3H9NS/c1-4(2)5-3/h1-3H3. The van der Waals surface area contributed by atoms with Crippen molar-refractivity contribution in [3.63, 3.8) is 0 Å². The van der Waals surface area contributed by atoms with E-state index in [0.717, 1.165) is 0 Å². The minimum Gasteiger partial charge on any atom is -0.257 e. The molecule has 0 heterocycles. The van der Waals surface area contributed by atoms with Crippen LogP contribution < -0.4 is 0 Å². The summed E-state index contributed by atoms with van der Waals surface area (Å²) < 4.78 is 2.04. The van der Waals surface area contributed by atoms with Crippen LogP contribution in [0, 0.1) is 0 Å². The molecule has 0 saturated heterocycles. The fourth-order valence-electron chi connectivity index (χ4n) is 0. The van der Waals surface area contributed by atoms with Crippen LogP contribution in [0.25, 0.3) is 0 Å². The van der Waals surface area contributed by atoms with Crippen molar-refractivity contribution in [3.05, 3.63) is 0 Å². The van der Waals surface area contributed by atoms with Crippen molar-refractivity contribution in [2.75, 3.05) is 20.4 Å². The molecule has 2 heteroatoms. The lowest BCUT2D eigenvalue weighted by Gasteiger charge is -1.98. The third kappa shape index (κ3) is 4.31. The third-order valence-electron chi connectivity index (χ3n) is 0.365. The van der Waals surface area contributed by atoms with Crippen LogP contribution in [0.2, 0.25) is 0 Å². The van der Waals surface area contributed by atoms with Crippen molar-refractivity contribution < 1.29 is 0 Å². The predicted octanol–water partition coefficient (Wildman–Crippen LogP) is 0.826. The largest absolute Gasteiger partial charge is 0.257 e. The first-order chi connectivity index (χ1) is 2.27. The highest BCUT2D eigenvalue weighted by Crippen LogP contribution is 1.91. The van der Waals surface area contributed by atoms with E-state index in [2.05, 4.69) is 0 Å². The number of rotatable bonds is 1. The molecule has 5 heavy (non-hydrogen) atoms. The van der Waals surface area contributed by atoms with Gasteiger partial charge in [-0.05, 0) is 20.4 Å². The lowest BCUT2D eigenvalue weighted by Crippen LogP contribution is -1.95. The lowest BCUT2D eigenvalue weighted by atomic mass is 11.3. The van der Waals surface area contributed by atoms with Gasteiger partial charge in [-0.25, -0.2) is 0 Å². The molecule has 32 valence electrons. The Bertz CT molecular complexity index is 20.9. The fraction of sp³-hybridized carbons (Fsp3) is 1.00. The number of hydrogen-bond donors (Lipinski definition) is 0. The number of nitrogens with zero attached hydrogens (tertiary/aromatic N) is 1. The van der Waals surface area contributed by atoms with Gasteiger partial charge in [0.25, 0.3) is 0 Å². The minimum atomic E-state index is 1.71. The zero-order valence-electron chi connectivity index (χ0n) is 3.86. The summed E-state index contributed by atoms with van der Waals surface area (Å²) in [6.45, 7) is 0. The molecule has 1 nitrogen and oxygen atoms in total. The summed E-state index contributed by atoms with van der Waals surface area (Å²) in [7, 11) is 4.04. The molecule has 0 fully saturated rings. The Balaban J connectivity index is 2.54. The molecule has 0 aliphatic carbocycles. The van der Waals surface area contributed by atoms with E-state index in [4.69, 9.17) is 0 Å². The summed E-state index contributed by atoms with van der Waals surface area (Å²) >= 11 is 1.71. The van der Waals surface area contributed by atoms with Gasteiger partial charge in [-0.3, -0.25) is 4.31 Å². The zero-order chi connectivity index (χ0) is 4.28. The van der Waals surface area contributed by atoms with E-state index in [1.807, 2.05) is 24.7 Å². The van der Waals surface area contributed by atoms with Gasteiger partial charge in [0.15, 0.2) is 0 Å². The van der Waals surface area contributed by atoms with Gasteiger partial charge in [0.2, 0.25) is 0 Å². The first-order valence-corrected chi connectivity index (χ1v) is 2.67. The molecule has 0 amide bonds. The van der Waals surface area contributed by atoms with Crippen molar-refractivity contribution in [2.24, 2.45) is 0 Å². The van der Waals surface area contributed by atoms with Crippen LogP contribution in [0.1, 0.15) is 0 Å². The van der Waals surface area contributed by atoms with E-state index in [9.17, 15) is 0 Å². The van der Waals surface area contributed by atoms with Crippen LogP contribution in [0.4, 0.5) is 0 Å². The second-order valence-electron chi connectivity index (χ2n) is 0.995. The Hall–Kier alpha value is 0.310. The van der Waals surface area contributed by atoms with Crippen molar-refractivity contribution in [3.8, 4) is 0 Å². The monoisotopic (exact) mass is 91.0 g/mol. The van der Waals surface area contributed by atoms with Crippen molar-refractivity contribution in [2.45, 2.75) is 0 Å². The second kappa shape index (κ2) is 2.54. The van der Waals surface area contributed by atoms with Crippen LogP contribution in [0.5, 0.6) is 0 Å². The first kappa shape index (κ1) is 5.31. The highest BCUT2D eigenvalue weighted by atomic mass is 32.2. The first-order valence-electron chi connectivity index (χ1n) is 1.49. The van der Waals surface area contributed by atoms with E-state index in [0.29, 0.717) is 0 Å². The topological polar surface area (TPSA) is 3.24 Å². The van der Waals surface area contributed by atoms with Crippen LogP contribution in [0.3, 0.4) is 0 Å². The van der Waals surface area contributed by atoms with Crippen LogP contribution in [-0.2, 0) is 0 Å². The minimum absolute atomic E-state index is 1.71. The molecular formula is C3H9NS. The SMILES string of the molecule is CSN(C)C. The molecule has 0 N–H and O–H groups in total. The molecule has 0 aliphatic rings. The fourth-order valence-corrected chi connectivity index (χ4v) is 0. The Kier molecular flexibility index (Phi) is 2.70. The zero-order valence-corrected chi connectivity index (χ0v) is 4.67. The normalized spacial score (nSPS) is 9.60. The maximum atomic E-state index is 2.04. The molecule has 0 rings (SSSR count). The highest BCUT2D eigenvalue weighted by Gasteiger charge is 1.72.